The molecule has 0 radical (unpaired) electrons. The lowest BCUT2D eigenvalue weighted by molar-refractivity contribution is -0.153. The zero-order chi connectivity index (χ0) is 38.4. The molecule has 0 aliphatic rings. The lowest BCUT2D eigenvalue weighted by Crippen LogP contribution is -2.28. The van der Waals surface area contributed by atoms with Gasteiger partial charge in [-0.15, -0.1) is 0 Å². The molecule has 0 bridgehead atoms. The molecule has 0 rings (SSSR count). The molecule has 0 aromatic heterocycles. The van der Waals surface area contributed by atoms with Crippen LogP contribution in [0, 0.1) is 0 Å². The summed E-state index contributed by atoms with van der Waals surface area (Å²) in [7, 11) is -4.62. The molecule has 0 heterocycles. The van der Waals surface area contributed by atoms with Crippen molar-refractivity contribution in [2.75, 3.05) is 26.4 Å². The number of allylic oxidation sites excluding steroid dienone is 4. The van der Waals surface area contributed by atoms with Gasteiger partial charge in [0.2, 0.25) is 0 Å². The maximum absolute atomic E-state index is 12.3. The van der Waals surface area contributed by atoms with Gasteiger partial charge in [-0.25, -0.2) is 4.57 Å². The fourth-order valence-corrected chi connectivity index (χ4v) is 6.46. The van der Waals surface area contributed by atoms with E-state index in [9.17, 15) is 29.3 Å². The third kappa shape index (κ3) is 35.5. The molecule has 0 aromatic rings. The summed E-state index contributed by atoms with van der Waals surface area (Å²) in [5.74, 6) is -1.02. The number of hydrogen-bond donors (Lipinski definition) is 3. The normalized spacial score (nSPS) is 14.2. The fourth-order valence-electron chi connectivity index (χ4n) is 5.67. The van der Waals surface area contributed by atoms with E-state index in [1.54, 1.807) is 0 Å². The van der Waals surface area contributed by atoms with Gasteiger partial charge >= 0.3 is 19.8 Å². The largest absolute Gasteiger partial charge is 0.472 e. The Bertz CT molecular complexity index is 925. The monoisotopic (exact) mass is 761 g/mol. The smallest absolute Gasteiger partial charge is 0.457 e. The van der Waals surface area contributed by atoms with E-state index in [1.807, 2.05) is 0 Å². The summed E-state index contributed by atoms with van der Waals surface area (Å²) in [5, 5.41) is 19.1. The van der Waals surface area contributed by atoms with Gasteiger partial charge in [-0.1, -0.05) is 154 Å². The standard InChI is InChI=1S/C41H77O10P/c1-3-5-7-9-11-13-14-15-16-17-18-19-20-21-22-23-24-25-27-29-31-33-41(45)51-39(35-43)37-49-52(46,47)48-36-38(34-42)50-40(44)32-30-28-26-12-10-8-6-4-2/h14-15,17-18,38-39,42-43H,3-13,16,19-37H2,1-2H3,(H,46,47)/b15-14-,18-17-. The molecule has 3 N–H and O–H groups in total. The molecule has 0 aliphatic carbocycles. The second kappa shape index (κ2) is 37.8. The molecule has 0 fully saturated rings. The predicted molar refractivity (Wildman–Crippen MR) is 210 cm³/mol. The first-order valence-electron chi connectivity index (χ1n) is 20.8. The zero-order valence-electron chi connectivity index (χ0n) is 33.0. The summed E-state index contributed by atoms with van der Waals surface area (Å²) in [6.07, 6.45) is 36.0. The van der Waals surface area contributed by atoms with E-state index in [1.165, 1.54) is 96.3 Å². The molecule has 306 valence electrons. The summed E-state index contributed by atoms with van der Waals surface area (Å²) < 4.78 is 32.4. The van der Waals surface area contributed by atoms with Crippen molar-refractivity contribution in [1.29, 1.82) is 0 Å². The summed E-state index contributed by atoms with van der Waals surface area (Å²) >= 11 is 0. The van der Waals surface area contributed by atoms with Gasteiger partial charge in [-0.05, 0) is 44.9 Å². The lowest BCUT2D eigenvalue weighted by Gasteiger charge is -2.20. The molecule has 0 saturated heterocycles. The Morgan fingerprint density at radius 3 is 1.19 bits per heavy atom. The Labute approximate surface area is 317 Å². The van der Waals surface area contributed by atoms with Crippen LogP contribution >= 0.6 is 7.82 Å². The molecule has 0 amide bonds. The number of rotatable bonds is 39. The molecular weight excluding hydrogens is 683 g/mol. The first-order valence-corrected chi connectivity index (χ1v) is 22.3. The van der Waals surface area contributed by atoms with E-state index in [0.29, 0.717) is 12.8 Å². The van der Waals surface area contributed by atoms with Crippen LogP contribution in [-0.4, -0.2) is 65.7 Å². The molecule has 52 heavy (non-hydrogen) atoms. The van der Waals surface area contributed by atoms with E-state index in [2.05, 4.69) is 38.2 Å². The Morgan fingerprint density at radius 1 is 0.519 bits per heavy atom. The van der Waals surface area contributed by atoms with Crippen LogP contribution in [0.25, 0.3) is 0 Å². The zero-order valence-corrected chi connectivity index (χ0v) is 33.9. The third-order valence-electron chi connectivity index (χ3n) is 8.92. The number of aliphatic hydroxyl groups excluding tert-OH is 2. The van der Waals surface area contributed by atoms with Gasteiger partial charge in [0.15, 0.2) is 0 Å². The summed E-state index contributed by atoms with van der Waals surface area (Å²) in [6.45, 7) is 2.15. The second-order valence-electron chi connectivity index (χ2n) is 14.0. The Balaban J connectivity index is 3.87. The second-order valence-corrected chi connectivity index (χ2v) is 15.4. The summed E-state index contributed by atoms with van der Waals surface area (Å²) in [4.78, 5) is 34.3. The molecular formula is C41H77O10P. The highest BCUT2D eigenvalue weighted by atomic mass is 31.2. The van der Waals surface area contributed by atoms with E-state index in [4.69, 9.17) is 18.5 Å². The van der Waals surface area contributed by atoms with Gasteiger partial charge in [0.1, 0.15) is 12.2 Å². The highest BCUT2D eigenvalue weighted by molar-refractivity contribution is 7.47. The van der Waals surface area contributed by atoms with Crippen molar-refractivity contribution in [3.63, 3.8) is 0 Å². The summed E-state index contributed by atoms with van der Waals surface area (Å²) in [5.41, 5.74) is 0. The molecule has 0 aromatic carbocycles. The topological polar surface area (TPSA) is 149 Å². The average molecular weight is 761 g/mol. The lowest BCUT2D eigenvalue weighted by atomic mass is 10.1. The van der Waals surface area contributed by atoms with E-state index < -0.39 is 58.4 Å². The van der Waals surface area contributed by atoms with Crippen LogP contribution in [0.5, 0.6) is 0 Å². The highest BCUT2D eigenvalue weighted by Crippen LogP contribution is 2.43. The summed E-state index contributed by atoms with van der Waals surface area (Å²) in [6, 6.07) is 0. The first-order chi connectivity index (χ1) is 25.3. The van der Waals surface area contributed by atoms with Gasteiger partial charge in [-0.2, -0.15) is 0 Å². The van der Waals surface area contributed by atoms with Crippen LogP contribution in [0.2, 0.25) is 0 Å². The number of carbonyl (C=O) groups excluding carboxylic acids is 2. The Morgan fingerprint density at radius 2 is 0.846 bits per heavy atom. The van der Waals surface area contributed by atoms with Gasteiger partial charge < -0.3 is 24.6 Å². The number of ether oxygens (including phenoxy) is 2. The van der Waals surface area contributed by atoms with Crippen LogP contribution in [0.15, 0.2) is 24.3 Å². The van der Waals surface area contributed by atoms with Gasteiger partial charge in [0.25, 0.3) is 0 Å². The minimum atomic E-state index is -4.62. The minimum Gasteiger partial charge on any atom is -0.457 e. The predicted octanol–water partition coefficient (Wildman–Crippen LogP) is 10.6. The third-order valence-corrected chi connectivity index (χ3v) is 9.87. The SMILES string of the molecule is CCCCCCC/C=C\C/C=C\CCCCCCCCCCCC(=O)OC(CO)COP(=O)(O)OCC(CO)OC(=O)CCCCCCCCCC. The molecule has 11 heteroatoms. The van der Waals surface area contributed by atoms with Crippen molar-refractivity contribution < 1.29 is 47.8 Å². The number of aliphatic hydroxyl groups is 2. The molecule has 3 unspecified atom stereocenters. The maximum atomic E-state index is 12.3. The van der Waals surface area contributed by atoms with Crippen molar-refractivity contribution in [3.05, 3.63) is 24.3 Å². The van der Waals surface area contributed by atoms with Crippen molar-refractivity contribution in [1.82, 2.24) is 0 Å². The van der Waals surface area contributed by atoms with E-state index in [0.717, 1.165) is 51.4 Å². The van der Waals surface area contributed by atoms with Crippen LogP contribution in [0.4, 0.5) is 0 Å². The first kappa shape index (κ1) is 50.5. The van der Waals surface area contributed by atoms with Crippen LogP contribution in [-0.2, 0) is 32.7 Å². The molecule has 10 nitrogen and oxygen atoms in total. The van der Waals surface area contributed by atoms with E-state index in [-0.39, 0.29) is 12.8 Å². The van der Waals surface area contributed by atoms with E-state index >= 15 is 0 Å². The van der Waals surface area contributed by atoms with Crippen molar-refractivity contribution in [3.8, 4) is 0 Å². The molecule has 0 aliphatic heterocycles. The number of hydrogen-bond acceptors (Lipinski definition) is 9. The van der Waals surface area contributed by atoms with Crippen molar-refractivity contribution >= 4 is 19.8 Å². The molecule has 0 saturated carbocycles. The van der Waals surface area contributed by atoms with Crippen LogP contribution < -0.4 is 0 Å². The minimum absolute atomic E-state index is 0.189. The maximum Gasteiger partial charge on any atom is 0.472 e. The van der Waals surface area contributed by atoms with Gasteiger partial charge in [0.05, 0.1) is 26.4 Å². The quantitative estimate of drug-likeness (QED) is 0.0239. The molecule has 0 spiro atoms. The number of carbonyl (C=O) groups is 2. The fraction of sp³-hybridized carbons (Fsp3) is 0.854. The molecule has 3 atom stereocenters. The van der Waals surface area contributed by atoms with Crippen LogP contribution in [0.1, 0.15) is 187 Å². The average Bonchev–Trinajstić information content (AvgIpc) is 3.13. The van der Waals surface area contributed by atoms with Gasteiger partial charge in [-0.3, -0.25) is 18.6 Å². The Kier molecular flexibility index (Phi) is 36.6. The highest BCUT2D eigenvalue weighted by Gasteiger charge is 2.27. The number of phosphoric acid groups is 1. The number of esters is 2. The van der Waals surface area contributed by atoms with Gasteiger partial charge in [0, 0.05) is 12.8 Å². The van der Waals surface area contributed by atoms with Crippen LogP contribution in [0.3, 0.4) is 0 Å². The Hall–Kier alpha value is -1.55. The number of unbranched alkanes of at least 4 members (excludes halogenated alkanes) is 21. The van der Waals surface area contributed by atoms with Crippen molar-refractivity contribution in [2.24, 2.45) is 0 Å². The van der Waals surface area contributed by atoms with Crippen molar-refractivity contribution in [2.45, 2.75) is 199 Å². The number of phosphoric ester groups is 1.